The van der Waals surface area contributed by atoms with Crippen LogP contribution in [0.5, 0.6) is 11.5 Å². The summed E-state index contributed by atoms with van der Waals surface area (Å²) in [5, 5.41) is 11.1. The van der Waals surface area contributed by atoms with Crippen LogP contribution in [-0.4, -0.2) is 32.2 Å². The minimum atomic E-state index is -0.395. The summed E-state index contributed by atoms with van der Waals surface area (Å²) in [6, 6.07) is 22.5. The van der Waals surface area contributed by atoms with E-state index in [-0.39, 0.29) is 21.9 Å². The fourth-order valence-electron chi connectivity index (χ4n) is 3.86. The highest BCUT2D eigenvalue weighted by Crippen LogP contribution is 2.31. The van der Waals surface area contributed by atoms with E-state index in [2.05, 4.69) is 19.9 Å². The molecule has 0 bridgehead atoms. The highest BCUT2D eigenvalue weighted by atomic mass is 35.5. The van der Waals surface area contributed by atoms with E-state index in [0.29, 0.717) is 44.8 Å². The molecule has 2 heterocycles. The van der Waals surface area contributed by atoms with Crippen LogP contribution in [0.3, 0.4) is 0 Å². The van der Waals surface area contributed by atoms with Crippen molar-refractivity contribution in [1.82, 2.24) is 19.9 Å². The third-order valence-electron chi connectivity index (χ3n) is 5.72. The van der Waals surface area contributed by atoms with Gasteiger partial charge in [0.15, 0.2) is 11.6 Å². The van der Waals surface area contributed by atoms with Gasteiger partial charge in [-0.3, -0.25) is 0 Å². The Labute approximate surface area is 231 Å². The summed E-state index contributed by atoms with van der Waals surface area (Å²) in [5.41, 5.74) is 2.34. The largest absolute Gasteiger partial charge is 0.507 e. The lowest BCUT2D eigenvalue weighted by Gasteiger charge is -2.08. The van der Waals surface area contributed by atoms with Gasteiger partial charge in [-0.2, -0.15) is 0 Å². The van der Waals surface area contributed by atoms with Crippen LogP contribution in [0.2, 0.25) is 10.3 Å². The Morgan fingerprint density at radius 2 is 1.13 bits per heavy atom. The van der Waals surface area contributed by atoms with Crippen molar-refractivity contribution in [2.75, 3.05) is 7.11 Å². The molecule has 0 aliphatic heterocycles. The zero-order valence-electron chi connectivity index (χ0n) is 20.2. The first-order valence-corrected chi connectivity index (χ1v) is 12.3. The smallest absolute Gasteiger partial charge is 0.165 e. The molecule has 6 rings (SSSR count). The first kappa shape index (κ1) is 26.2. The molecule has 0 aliphatic carbocycles. The number of ether oxygens (including phenoxy) is 1. The van der Waals surface area contributed by atoms with Gasteiger partial charge in [-0.1, -0.05) is 47.5 Å². The Kier molecular flexibility index (Phi) is 7.49. The van der Waals surface area contributed by atoms with E-state index in [1.807, 2.05) is 24.3 Å². The summed E-state index contributed by atoms with van der Waals surface area (Å²) < 4.78 is 31.7. The minimum absolute atomic E-state index is 0.0695. The van der Waals surface area contributed by atoms with Gasteiger partial charge in [0.05, 0.1) is 29.3 Å². The van der Waals surface area contributed by atoms with E-state index in [9.17, 15) is 13.9 Å². The maximum absolute atomic E-state index is 13.2. The predicted octanol–water partition coefficient (Wildman–Crippen LogP) is 7.89. The maximum Gasteiger partial charge on any atom is 0.165 e. The first-order valence-electron chi connectivity index (χ1n) is 11.5. The molecule has 0 aliphatic rings. The molecule has 194 valence electrons. The van der Waals surface area contributed by atoms with Crippen molar-refractivity contribution in [1.29, 1.82) is 0 Å². The van der Waals surface area contributed by atoms with Gasteiger partial charge in [0.1, 0.15) is 33.4 Å². The molecule has 0 saturated carbocycles. The molecule has 6 aromatic rings. The quantitative estimate of drug-likeness (QED) is 0.221. The molecule has 0 amide bonds. The van der Waals surface area contributed by atoms with E-state index in [4.69, 9.17) is 27.9 Å². The molecule has 0 spiro atoms. The Bertz CT molecular complexity index is 1840. The molecule has 4 aromatic carbocycles. The molecule has 0 fully saturated rings. The number of phenolic OH excluding ortho intramolecular Hbond substituents is 1. The lowest BCUT2D eigenvalue weighted by molar-refractivity contribution is 0.416. The summed E-state index contributed by atoms with van der Waals surface area (Å²) >= 11 is 12.2. The molecule has 0 saturated heterocycles. The summed E-state index contributed by atoms with van der Waals surface area (Å²) in [7, 11) is 1.58. The van der Waals surface area contributed by atoms with Crippen molar-refractivity contribution in [3.8, 4) is 34.3 Å². The lowest BCUT2D eigenvalue weighted by atomic mass is 10.1. The molecule has 0 atom stereocenters. The van der Waals surface area contributed by atoms with E-state index in [0.717, 1.165) is 5.56 Å². The van der Waals surface area contributed by atoms with Crippen LogP contribution < -0.4 is 4.74 Å². The number of halogens is 4. The third kappa shape index (κ3) is 5.57. The summed E-state index contributed by atoms with van der Waals surface area (Å²) in [5.74, 6) is 0.722. The topological polar surface area (TPSA) is 81.0 Å². The number of benzene rings is 4. The van der Waals surface area contributed by atoms with E-state index in [1.54, 1.807) is 37.4 Å². The van der Waals surface area contributed by atoms with E-state index >= 15 is 0 Å². The van der Waals surface area contributed by atoms with Crippen molar-refractivity contribution in [3.63, 3.8) is 0 Å². The number of aromatic hydroxyl groups is 1. The van der Waals surface area contributed by atoms with Crippen LogP contribution in [0.25, 0.3) is 44.6 Å². The van der Waals surface area contributed by atoms with Gasteiger partial charge < -0.3 is 9.84 Å². The van der Waals surface area contributed by atoms with Crippen molar-refractivity contribution < 1.29 is 18.6 Å². The fourth-order valence-corrected chi connectivity index (χ4v) is 4.32. The molecule has 0 unspecified atom stereocenters. The average Bonchev–Trinajstić information content (AvgIpc) is 2.94. The van der Waals surface area contributed by atoms with E-state index < -0.39 is 5.82 Å². The normalized spacial score (nSPS) is 10.8. The Morgan fingerprint density at radius 3 is 1.67 bits per heavy atom. The van der Waals surface area contributed by atoms with Crippen LogP contribution in [0.15, 0.2) is 84.9 Å². The molecule has 2 aromatic heterocycles. The standard InChI is InChI=1S/C15H10ClFN2O.C14H8ClFN2O/c1-20-13-5-3-2-4-10(13)15-18-12-7-6-9(17)8-11(12)14(16)19-15;15-13-10-7-8(16)5-6-11(10)17-14(18-13)9-3-1-2-4-12(9)19/h2-8H,1H3;1-7,19H. The molecule has 10 heteroatoms. The van der Waals surface area contributed by atoms with Crippen LogP contribution in [-0.2, 0) is 0 Å². The third-order valence-corrected chi connectivity index (χ3v) is 6.29. The SMILES string of the molecule is COc1ccccc1-c1nc(Cl)c2cc(F)ccc2n1.Oc1ccccc1-c1nc(Cl)c2cc(F)ccc2n1. The zero-order chi connectivity index (χ0) is 27.5. The maximum atomic E-state index is 13.2. The monoisotopic (exact) mass is 562 g/mol. The predicted molar refractivity (Wildman–Crippen MR) is 148 cm³/mol. The second-order valence-corrected chi connectivity index (χ2v) is 8.93. The Hall–Kier alpha value is -4.40. The van der Waals surface area contributed by atoms with Gasteiger partial charge in [-0.05, 0) is 60.7 Å². The second-order valence-electron chi connectivity index (χ2n) is 8.22. The van der Waals surface area contributed by atoms with Crippen molar-refractivity contribution in [3.05, 3.63) is 107 Å². The van der Waals surface area contributed by atoms with Crippen molar-refractivity contribution in [2.45, 2.75) is 0 Å². The molecule has 0 radical (unpaired) electrons. The minimum Gasteiger partial charge on any atom is -0.507 e. The second kappa shape index (κ2) is 11.1. The molecular formula is C29H18Cl2F2N4O2. The van der Waals surface area contributed by atoms with Gasteiger partial charge >= 0.3 is 0 Å². The van der Waals surface area contributed by atoms with Crippen molar-refractivity contribution in [2.24, 2.45) is 0 Å². The van der Waals surface area contributed by atoms with Crippen LogP contribution >= 0.6 is 23.2 Å². The van der Waals surface area contributed by atoms with Crippen molar-refractivity contribution >= 4 is 45.0 Å². The number of methoxy groups -OCH3 is 1. The Balaban J connectivity index is 0.000000158. The molecule has 6 nitrogen and oxygen atoms in total. The van der Waals surface area contributed by atoms with Crippen LogP contribution in [0.4, 0.5) is 8.78 Å². The van der Waals surface area contributed by atoms with Gasteiger partial charge in [-0.25, -0.2) is 28.7 Å². The number of nitrogens with zero attached hydrogens (tertiary/aromatic N) is 4. The number of rotatable bonds is 3. The summed E-state index contributed by atoms with van der Waals surface area (Å²) in [4.78, 5) is 17.0. The Morgan fingerprint density at radius 1 is 0.641 bits per heavy atom. The highest BCUT2D eigenvalue weighted by molar-refractivity contribution is 6.34. The molecule has 1 N–H and O–H groups in total. The van der Waals surface area contributed by atoms with Gasteiger partial charge in [0.2, 0.25) is 0 Å². The number of aromatic nitrogens is 4. The zero-order valence-corrected chi connectivity index (χ0v) is 21.8. The number of phenols is 1. The number of fused-ring (bicyclic) bond motifs is 2. The number of hydrogen-bond acceptors (Lipinski definition) is 6. The molecule has 39 heavy (non-hydrogen) atoms. The van der Waals surface area contributed by atoms with E-state index in [1.165, 1.54) is 30.3 Å². The molecular weight excluding hydrogens is 545 g/mol. The van der Waals surface area contributed by atoms with Gasteiger partial charge in [0, 0.05) is 10.8 Å². The van der Waals surface area contributed by atoms with Gasteiger partial charge in [-0.15, -0.1) is 0 Å². The van der Waals surface area contributed by atoms with Gasteiger partial charge in [0.25, 0.3) is 0 Å². The highest BCUT2D eigenvalue weighted by Gasteiger charge is 2.13. The van der Waals surface area contributed by atoms with Crippen LogP contribution in [0.1, 0.15) is 0 Å². The fraction of sp³-hybridized carbons (Fsp3) is 0.0345. The first-order chi connectivity index (χ1) is 18.8. The van der Waals surface area contributed by atoms with Crippen LogP contribution in [0, 0.1) is 11.6 Å². The lowest BCUT2D eigenvalue weighted by Crippen LogP contribution is -1.95. The number of hydrogen-bond donors (Lipinski definition) is 1. The summed E-state index contributed by atoms with van der Waals surface area (Å²) in [6.45, 7) is 0. The average molecular weight is 563 g/mol. The summed E-state index contributed by atoms with van der Waals surface area (Å²) in [6.07, 6.45) is 0. The number of para-hydroxylation sites is 2.